The molecule has 0 fully saturated rings. The van der Waals surface area contributed by atoms with Crippen LogP contribution in [0.1, 0.15) is 0 Å². The fraction of sp³-hybridized carbons (Fsp3) is 0.0909. The zero-order valence-electron chi connectivity index (χ0n) is 9.39. The van der Waals surface area contributed by atoms with Crippen LogP contribution in [0.4, 0.5) is 19.1 Å². The summed E-state index contributed by atoms with van der Waals surface area (Å²) in [6, 6.07) is 6.37. The van der Waals surface area contributed by atoms with Gasteiger partial charge >= 0.3 is 6.36 Å². The van der Waals surface area contributed by atoms with Gasteiger partial charge in [-0.1, -0.05) is 0 Å². The van der Waals surface area contributed by atoms with Crippen molar-refractivity contribution in [2.45, 2.75) is 6.36 Å². The summed E-state index contributed by atoms with van der Waals surface area (Å²) in [6.07, 6.45) is -3.32. The van der Waals surface area contributed by atoms with E-state index in [2.05, 4.69) is 14.7 Å². The normalized spacial score (nSPS) is 11.1. The molecule has 0 spiro atoms. The van der Waals surface area contributed by atoms with Crippen LogP contribution in [-0.4, -0.2) is 16.3 Å². The number of aromatic nitrogens is 2. The molecule has 0 radical (unpaired) electrons. The molecule has 8 heteroatoms. The van der Waals surface area contributed by atoms with Crippen LogP contribution in [0.2, 0.25) is 0 Å². The van der Waals surface area contributed by atoms with Gasteiger partial charge in [0.15, 0.2) is 0 Å². The van der Waals surface area contributed by atoms with Crippen molar-refractivity contribution in [2.24, 2.45) is 0 Å². The first kappa shape index (κ1) is 12.9. The molecule has 0 unspecified atom stereocenters. The van der Waals surface area contributed by atoms with Crippen molar-refractivity contribution < 1.29 is 22.6 Å². The standard InChI is InChI=1S/C11H8F3N3O2/c12-11(13,14)19-8-3-1-7(2-4-8)18-9-5-6-16-10(15)17-9/h1-6H,(H2,15,16,17). The number of hydrogen-bond donors (Lipinski definition) is 1. The number of rotatable bonds is 3. The SMILES string of the molecule is Nc1nccc(Oc2ccc(OC(F)(F)F)cc2)n1. The van der Waals surface area contributed by atoms with E-state index in [-0.39, 0.29) is 17.6 Å². The average Bonchev–Trinajstić information content (AvgIpc) is 2.30. The third-order valence-corrected chi connectivity index (χ3v) is 1.93. The average molecular weight is 271 g/mol. The topological polar surface area (TPSA) is 70.3 Å². The quantitative estimate of drug-likeness (QED) is 0.929. The highest BCUT2D eigenvalue weighted by atomic mass is 19.4. The molecular formula is C11H8F3N3O2. The maximum absolute atomic E-state index is 11.9. The molecule has 0 saturated heterocycles. The Morgan fingerprint density at radius 3 is 2.21 bits per heavy atom. The molecule has 1 aromatic carbocycles. The van der Waals surface area contributed by atoms with Crippen molar-refractivity contribution in [3.8, 4) is 17.4 Å². The second-order valence-electron chi connectivity index (χ2n) is 3.37. The van der Waals surface area contributed by atoms with E-state index in [9.17, 15) is 13.2 Å². The van der Waals surface area contributed by atoms with Gasteiger partial charge in [-0.05, 0) is 24.3 Å². The summed E-state index contributed by atoms with van der Waals surface area (Å²) in [7, 11) is 0. The molecule has 2 rings (SSSR count). The lowest BCUT2D eigenvalue weighted by Crippen LogP contribution is -2.16. The highest BCUT2D eigenvalue weighted by molar-refractivity contribution is 5.34. The molecule has 5 nitrogen and oxygen atoms in total. The fourth-order valence-corrected chi connectivity index (χ4v) is 1.24. The van der Waals surface area contributed by atoms with Crippen molar-refractivity contribution in [2.75, 3.05) is 5.73 Å². The number of ether oxygens (including phenoxy) is 2. The Morgan fingerprint density at radius 2 is 1.63 bits per heavy atom. The number of nitrogens with zero attached hydrogens (tertiary/aromatic N) is 2. The highest BCUT2D eigenvalue weighted by Gasteiger charge is 2.30. The minimum Gasteiger partial charge on any atom is -0.439 e. The highest BCUT2D eigenvalue weighted by Crippen LogP contribution is 2.26. The predicted molar refractivity (Wildman–Crippen MR) is 59.6 cm³/mol. The van der Waals surface area contributed by atoms with Gasteiger partial charge in [-0.15, -0.1) is 13.2 Å². The summed E-state index contributed by atoms with van der Waals surface area (Å²) >= 11 is 0. The van der Waals surface area contributed by atoms with Crippen LogP contribution < -0.4 is 15.2 Å². The maximum atomic E-state index is 11.9. The molecule has 0 saturated carbocycles. The Balaban J connectivity index is 2.07. The third kappa shape index (κ3) is 4.02. The number of nitrogen functional groups attached to an aromatic ring is 1. The van der Waals surface area contributed by atoms with Crippen LogP contribution in [0.25, 0.3) is 0 Å². The van der Waals surface area contributed by atoms with Crippen LogP contribution in [0.5, 0.6) is 17.4 Å². The van der Waals surface area contributed by atoms with Crippen LogP contribution >= 0.6 is 0 Å². The van der Waals surface area contributed by atoms with Gasteiger partial charge in [-0.25, -0.2) is 4.98 Å². The van der Waals surface area contributed by atoms with Gasteiger partial charge in [0.2, 0.25) is 11.8 Å². The Labute approximate surface area is 105 Å². The summed E-state index contributed by atoms with van der Waals surface area (Å²) in [5.41, 5.74) is 5.36. The summed E-state index contributed by atoms with van der Waals surface area (Å²) in [4.78, 5) is 7.46. The van der Waals surface area contributed by atoms with Crippen LogP contribution in [0.3, 0.4) is 0 Å². The molecule has 2 N–H and O–H groups in total. The molecule has 0 aliphatic heterocycles. The number of benzene rings is 1. The summed E-state index contributed by atoms with van der Waals surface area (Å²) in [6.45, 7) is 0. The lowest BCUT2D eigenvalue weighted by atomic mass is 10.3. The zero-order valence-corrected chi connectivity index (χ0v) is 9.39. The van der Waals surface area contributed by atoms with E-state index >= 15 is 0 Å². The number of hydrogen-bond acceptors (Lipinski definition) is 5. The molecular weight excluding hydrogens is 263 g/mol. The Kier molecular flexibility index (Phi) is 3.41. The molecule has 0 bridgehead atoms. The Bertz CT molecular complexity index is 558. The van der Waals surface area contributed by atoms with E-state index in [0.29, 0.717) is 5.75 Å². The first-order chi connectivity index (χ1) is 8.92. The minimum atomic E-state index is -4.72. The smallest absolute Gasteiger partial charge is 0.439 e. The van der Waals surface area contributed by atoms with Gasteiger partial charge in [0.25, 0.3) is 0 Å². The second-order valence-corrected chi connectivity index (χ2v) is 3.37. The van der Waals surface area contributed by atoms with Crippen molar-refractivity contribution in [3.63, 3.8) is 0 Å². The van der Waals surface area contributed by atoms with E-state index < -0.39 is 6.36 Å². The molecule has 0 atom stereocenters. The Morgan fingerprint density at radius 1 is 1.00 bits per heavy atom. The van der Waals surface area contributed by atoms with E-state index in [4.69, 9.17) is 10.5 Å². The number of halogens is 3. The van der Waals surface area contributed by atoms with Crippen LogP contribution in [0.15, 0.2) is 36.5 Å². The van der Waals surface area contributed by atoms with Crippen molar-refractivity contribution in [3.05, 3.63) is 36.5 Å². The largest absolute Gasteiger partial charge is 0.573 e. The van der Waals surface area contributed by atoms with E-state index in [1.165, 1.54) is 24.4 Å². The van der Waals surface area contributed by atoms with Crippen molar-refractivity contribution in [1.82, 2.24) is 9.97 Å². The van der Waals surface area contributed by atoms with Gasteiger partial charge in [-0.2, -0.15) is 4.98 Å². The first-order valence-corrected chi connectivity index (χ1v) is 5.04. The van der Waals surface area contributed by atoms with Crippen molar-refractivity contribution in [1.29, 1.82) is 0 Å². The van der Waals surface area contributed by atoms with E-state index in [0.717, 1.165) is 12.1 Å². The van der Waals surface area contributed by atoms with Gasteiger partial charge < -0.3 is 15.2 Å². The maximum Gasteiger partial charge on any atom is 0.573 e. The fourth-order valence-electron chi connectivity index (χ4n) is 1.24. The molecule has 1 aromatic heterocycles. The lowest BCUT2D eigenvalue weighted by molar-refractivity contribution is -0.274. The first-order valence-electron chi connectivity index (χ1n) is 5.04. The van der Waals surface area contributed by atoms with E-state index in [1.54, 1.807) is 0 Å². The molecule has 1 heterocycles. The third-order valence-electron chi connectivity index (χ3n) is 1.93. The van der Waals surface area contributed by atoms with Crippen LogP contribution in [0, 0.1) is 0 Å². The van der Waals surface area contributed by atoms with Gasteiger partial charge in [0.1, 0.15) is 11.5 Å². The molecule has 19 heavy (non-hydrogen) atoms. The summed E-state index contributed by atoms with van der Waals surface area (Å²) in [5, 5.41) is 0. The molecule has 0 amide bonds. The monoisotopic (exact) mass is 271 g/mol. The van der Waals surface area contributed by atoms with Gasteiger partial charge in [-0.3, -0.25) is 0 Å². The Hall–Kier alpha value is -2.51. The predicted octanol–water partition coefficient (Wildman–Crippen LogP) is 2.75. The molecule has 0 aliphatic rings. The molecule has 100 valence electrons. The summed E-state index contributed by atoms with van der Waals surface area (Å²) in [5.74, 6) is 0.196. The number of nitrogens with two attached hydrogens (primary N) is 1. The zero-order chi connectivity index (χ0) is 13.9. The van der Waals surface area contributed by atoms with Crippen LogP contribution in [-0.2, 0) is 0 Å². The number of anilines is 1. The number of alkyl halides is 3. The minimum absolute atomic E-state index is 0.0366. The van der Waals surface area contributed by atoms with Crippen molar-refractivity contribution >= 4 is 5.95 Å². The van der Waals surface area contributed by atoms with Gasteiger partial charge in [0.05, 0.1) is 0 Å². The molecule has 2 aromatic rings. The lowest BCUT2D eigenvalue weighted by Gasteiger charge is -2.09. The summed E-state index contributed by atoms with van der Waals surface area (Å²) < 4.78 is 44.8. The van der Waals surface area contributed by atoms with E-state index in [1.807, 2.05) is 0 Å². The van der Waals surface area contributed by atoms with Gasteiger partial charge in [0, 0.05) is 12.3 Å². The molecule has 0 aliphatic carbocycles. The second kappa shape index (κ2) is 5.01.